The first kappa shape index (κ1) is 14.4. The van der Waals surface area contributed by atoms with Crippen molar-refractivity contribution in [2.45, 2.75) is 13.3 Å². The third-order valence-electron chi connectivity index (χ3n) is 2.02. The van der Waals surface area contributed by atoms with Gasteiger partial charge in [-0.2, -0.15) is 9.97 Å². The first-order chi connectivity index (χ1) is 8.65. The first-order valence-electron chi connectivity index (χ1n) is 6.00. The maximum atomic E-state index is 5.46. The van der Waals surface area contributed by atoms with Crippen LogP contribution in [0.1, 0.15) is 13.3 Å². The molecule has 0 saturated heterocycles. The van der Waals surface area contributed by atoms with Crippen LogP contribution in [0.15, 0.2) is 0 Å². The van der Waals surface area contributed by atoms with E-state index in [1.165, 1.54) is 0 Å². The summed E-state index contributed by atoms with van der Waals surface area (Å²) in [5.74, 6) is 0.441. The first-order valence-corrected chi connectivity index (χ1v) is 6.00. The second kappa shape index (κ2) is 7.65. The van der Waals surface area contributed by atoms with Gasteiger partial charge in [-0.05, 0) is 20.5 Å². The van der Waals surface area contributed by atoms with Crippen molar-refractivity contribution in [3.8, 4) is 12.0 Å². The Morgan fingerprint density at radius 2 is 1.67 bits per heavy atom. The molecule has 1 heterocycles. The predicted molar refractivity (Wildman–Crippen MR) is 69.2 cm³/mol. The minimum atomic E-state index is 0.280. The van der Waals surface area contributed by atoms with Gasteiger partial charge >= 0.3 is 12.0 Å². The molecule has 0 fully saturated rings. The van der Waals surface area contributed by atoms with E-state index in [1.807, 2.05) is 25.9 Å². The summed E-state index contributed by atoms with van der Waals surface area (Å²) in [5, 5.41) is 2.85. The Hall–Kier alpha value is -1.63. The zero-order valence-corrected chi connectivity index (χ0v) is 11.4. The molecule has 0 aliphatic rings. The van der Waals surface area contributed by atoms with Crippen molar-refractivity contribution in [2.24, 2.45) is 0 Å². The highest BCUT2D eigenvalue weighted by atomic mass is 16.5. The lowest BCUT2D eigenvalue weighted by Gasteiger charge is -2.11. The van der Waals surface area contributed by atoms with Crippen molar-refractivity contribution in [3.63, 3.8) is 0 Å². The number of hydrogen-bond acceptors (Lipinski definition) is 7. The molecular formula is C11H21N5O2. The fourth-order valence-electron chi connectivity index (χ4n) is 1.09. The van der Waals surface area contributed by atoms with Gasteiger partial charge in [-0.15, -0.1) is 4.98 Å². The summed E-state index contributed by atoms with van der Waals surface area (Å²) in [6, 6.07) is 0.568. The summed E-state index contributed by atoms with van der Waals surface area (Å²) >= 11 is 0. The highest BCUT2D eigenvalue weighted by molar-refractivity contribution is 5.26. The summed E-state index contributed by atoms with van der Waals surface area (Å²) in [6.45, 7) is 3.91. The maximum absolute atomic E-state index is 5.46. The van der Waals surface area contributed by atoms with Gasteiger partial charge in [0, 0.05) is 13.6 Å². The van der Waals surface area contributed by atoms with Gasteiger partial charge in [0.2, 0.25) is 5.95 Å². The quantitative estimate of drug-likeness (QED) is 0.730. The van der Waals surface area contributed by atoms with E-state index in [0.29, 0.717) is 19.2 Å². The standard InChI is InChI=1S/C11H21N5O2/c1-5-7-17-10-13-9(12-2)14-11(15-10)18-8-6-16(3)4/h5-8H2,1-4H3,(H,12,13,14,15). The topological polar surface area (TPSA) is 72.4 Å². The third-order valence-corrected chi connectivity index (χ3v) is 2.02. The number of aromatic nitrogens is 3. The number of rotatable bonds is 8. The molecule has 1 N–H and O–H groups in total. The van der Waals surface area contributed by atoms with Crippen LogP contribution in [0.5, 0.6) is 12.0 Å². The molecule has 0 radical (unpaired) electrons. The number of ether oxygens (including phenoxy) is 2. The normalized spacial score (nSPS) is 10.5. The molecule has 0 amide bonds. The van der Waals surface area contributed by atoms with Crippen molar-refractivity contribution in [1.29, 1.82) is 0 Å². The lowest BCUT2D eigenvalue weighted by Crippen LogP contribution is -2.20. The number of anilines is 1. The SMILES string of the molecule is CCCOc1nc(NC)nc(OCCN(C)C)n1. The molecule has 7 nitrogen and oxygen atoms in total. The van der Waals surface area contributed by atoms with Crippen molar-refractivity contribution in [2.75, 3.05) is 46.2 Å². The van der Waals surface area contributed by atoms with Crippen molar-refractivity contribution in [1.82, 2.24) is 19.9 Å². The highest BCUT2D eigenvalue weighted by Gasteiger charge is 2.07. The molecule has 0 aliphatic carbocycles. The molecule has 0 saturated carbocycles. The van der Waals surface area contributed by atoms with E-state index in [0.717, 1.165) is 13.0 Å². The molecule has 1 rings (SSSR count). The van der Waals surface area contributed by atoms with Crippen LogP contribution in [-0.4, -0.2) is 60.8 Å². The Morgan fingerprint density at radius 3 is 2.17 bits per heavy atom. The van der Waals surface area contributed by atoms with Crippen LogP contribution in [0.2, 0.25) is 0 Å². The van der Waals surface area contributed by atoms with E-state index in [-0.39, 0.29) is 12.0 Å². The number of nitrogens with one attached hydrogen (secondary N) is 1. The van der Waals surface area contributed by atoms with Gasteiger partial charge in [0.25, 0.3) is 0 Å². The van der Waals surface area contributed by atoms with Crippen LogP contribution >= 0.6 is 0 Å². The van der Waals surface area contributed by atoms with E-state index < -0.39 is 0 Å². The lowest BCUT2D eigenvalue weighted by molar-refractivity contribution is 0.235. The average Bonchev–Trinajstić information content (AvgIpc) is 2.35. The maximum Gasteiger partial charge on any atom is 0.324 e. The lowest BCUT2D eigenvalue weighted by atomic mass is 10.5. The molecule has 18 heavy (non-hydrogen) atoms. The Kier molecular flexibility index (Phi) is 6.13. The molecule has 0 aromatic carbocycles. The van der Waals surface area contributed by atoms with Gasteiger partial charge in [0.05, 0.1) is 6.61 Å². The van der Waals surface area contributed by atoms with Crippen LogP contribution in [0.25, 0.3) is 0 Å². The smallest absolute Gasteiger partial charge is 0.324 e. The summed E-state index contributed by atoms with van der Waals surface area (Å²) in [7, 11) is 5.69. The second-order valence-electron chi connectivity index (χ2n) is 3.97. The van der Waals surface area contributed by atoms with E-state index in [4.69, 9.17) is 9.47 Å². The number of likely N-dealkylation sites (N-methyl/N-ethyl adjacent to an activating group) is 1. The van der Waals surface area contributed by atoms with Crippen LogP contribution in [0.3, 0.4) is 0 Å². The number of hydrogen-bond donors (Lipinski definition) is 1. The monoisotopic (exact) mass is 255 g/mol. The fourth-order valence-corrected chi connectivity index (χ4v) is 1.09. The van der Waals surface area contributed by atoms with Gasteiger partial charge in [-0.1, -0.05) is 6.92 Å². The van der Waals surface area contributed by atoms with E-state index in [1.54, 1.807) is 7.05 Å². The van der Waals surface area contributed by atoms with E-state index >= 15 is 0 Å². The van der Waals surface area contributed by atoms with E-state index in [2.05, 4.69) is 20.3 Å². The largest absolute Gasteiger partial charge is 0.463 e. The Morgan fingerprint density at radius 1 is 1.06 bits per heavy atom. The molecule has 0 aliphatic heterocycles. The molecular weight excluding hydrogens is 234 g/mol. The van der Waals surface area contributed by atoms with Crippen LogP contribution in [0.4, 0.5) is 5.95 Å². The molecule has 0 bridgehead atoms. The van der Waals surface area contributed by atoms with Crippen molar-refractivity contribution < 1.29 is 9.47 Å². The zero-order valence-electron chi connectivity index (χ0n) is 11.4. The van der Waals surface area contributed by atoms with Crippen LogP contribution in [-0.2, 0) is 0 Å². The molecule has 0 spiro atoms. The summed E-state index contributed by atoms with van der Waals surface area (Å²) in [6.07, 6.45) is 0.900. The Bertz CT molecular complexity index is 359. The molecule has 7 heteroatoms. The highest BCUT2D eigenvalue weighted by Crippen LogP contribution is 2.12. The van der Waals surface area contributed by atoms with Crippen LogP contribution < -0.4 is 14.8 Å². The van der Waals surface area contributed by atoms with Crippen molar-refractivity contribution in [3.05, 3.63) is 0 Å². The Balaban J connectivity index is 2.64. The van der Waals surface area contributed by atoms with Crippen LogP contribution in [0, 0.1) is 0 Å². The van der Waals surface area contributed by atoms with Gasteiger partial charge in [0.15, 0.2) is 0 Å². The zero-order chi connectivity index (χ0) is 13.4. The van der Waals surface area contributed by atoms with Gasteiger partial charge in [-0.25, -0.2) is 0 Å². The Labute approximate surface area is 108 Å². The van der Waals surface area contributed by atoms with Gasteiger partial charge < -0.3 is 19.7 Å². The minimum Gasteiger partial charge on any atom is -0.463 e. The second-order valence-corrected chi connectivity index (χ2v) is 3.97. The molecule has 1 aromatic rings. The molecule has 0 atom stereocenters. The molecule has 0 unspecified atom stereocenters. The average molecular weight is 255 g/mol. The summed E-state index contributed by atoms with van der Waals surface area (Å²) < 4.78 is 10.8. The van der Waals surface area contributed by atoms with Crippen molar-refractivity contribution >= 4 is 5.95 Å². The predicted octanol–water partition coefficient (Wildman–Crippen LogP) is 0.642. The third kappa shape index (κ3) is 5.13. The fraction of sp³-hybridized carbons (Fsp3) is 0.727. The van der Waals surface area contributed by atoms with Gasteiger partial charge in [0.1, 0.15) is 6.61 Å². The number of nitrogens with zero attached hydrogens (tertiary/aromatic N) is 4. The summed E-state index contributed by atoms with van der Waals surface area (Å²) in [4.78, 5) is 14.3. The minimum absolute atomic E-state index is 0.280. The molecule has 102 valence electrons. The summed E-state index contributed by atoms with van der Waals surface area (Å²) in [5.41, 5.74) is 0. The van der Waals surface area contributed by atoms with Gasteiger partial charge in [-0.3, -0.25) is 0 Å². The van der Waals surface area contributed by atoms with E-state index in [9.17, 15) is 0 Å². The molecule has 1 aromatic heterocycles.